The number of ether oxygens (including phenoxy) is 1. The molecular formula is C51H48N4O. The minimum atomic E-state index is -0.0997. The summed E-state index contributed by atoms with van der Waals surface area (Å²) in [5.41, 5.74) is 12.9. The molecule has 0 radical (unpaired) electrons. The molecule has 0 aliphatic carbocycles. The first kappa shape index (κ1) is 35.4. The van der Waals surface area contributed by atoms with Crippen LogP contribution < -0.4 is 14.5 Å². The van der Waals surface area contributed by atoms with Crippen molar-refractivity contribution in [3.63, 3.8) is 0 Å². The molecule has 6 aromatic carbocycles. The lowest BCUT2D eigenvalue weighted by Gasteiger charge is -2.26. The highest BCUT2D eigenvalue weighted by Crippen LogP contribution is 2.47. The average molecular weight is 733 g/mol. The number of anilines is 4. The number of pyridine rings is 1. The van der Waals surface area contributed by atoms with Gasteiger partial charge in [0.2, 0.25) is 0 Å². The number of rotatable bonds is 6. The van der Waals surface area contributed by atoms with Crippen molar-refractivity contribution in [1.82, 2.24) is 9.55 Å². The maximum atomic E-state index is 6.88. The molecule has 0 bridgehead atoms. The molecule has 8 aromatic rings. The molecule has 0 amide bonds. The third-order valence-electron chi connectivity index (χ3n) is 11.1. The first-order valence-corrected chi connectivity index (χ1v) is 19.6. The van der Waals surface area contributed by atoms with Gasteiger partial charge >= 0.3 is 0 Å². The fourth-order valence-corrected chi connectivity index (χ4v) is 8.05. The van der Waals surface area contributed by atoms with Gasteiger partial charge in [-0.05, 0) is 112 Å². The third kappa shape index (κ3) is 6.37. The molecule has 0 saturated heterocycles. The van der Waals surface area contributed by atoms with Crippen LogP contribution in [0.1, 0.15) is 58.2 Å². The van der Waals surface area contributed by atoms with Crippen LogP contribution in [0.15, 0.2) is 152 Å². The van der Waals surface area contributed by atoms with Crippen molar-refractivity contribution in [3.05, 3.63) is 168 Å². The molecule has 1 aliphatic heterocycles. The van der Waals surface area contributed by atoms with Gasteiger partial charge in [-0.2, -0.15) is 0 Å². The highest BCUT2D eigenvalue weighted by molar-refractivity contribution is 6.09. The van der Waals surface area contributed by atoms with Crippen molar-refractivity contribution in [2.45, 2.75) is 59.3 Å². The van der Waals surface area contributed by atoms with E-state index in [4.69, 9.17) is 9.72 Å². The fraction of sp³-hybridized carbons (Fsp3) is 0.196. The summed E-state index contributed by atoms with van der Waals surface area (Å²) in [7, 11) is 0. The fourth-order valence-electron chi connectivity index (χ4n) is 8.05. The van der Waals surface area contributed by atoms with Crippen LogP contribution in [-0.2, 0) is 10.8 Å². The second kappa shape index (κ2) is 13.5. The van der Waals surface area contributed by atoms with Gasteiger partial charge in [-0.1, -0.05) is 108 Å². The second-order valence-electron chi connectivity index (χ2n) is 17.1. The molecule has 9 rings (SSSR count). The highest BCUT2D eigenvalue weighted by atomic mass is 16.5. The van der Waals surface area contributed by atoms with Gasteiger partial charge in [0.25, 0.3) is 0 Å². The van der Waals surface area contributed by atoms with E-state index >= 15 is 0 Å². The summed E-state index contributed by atoms with van der Waals surface area (Å²) < 4.78 is 9.16. The summed E-state index contributed by atoms with van der Waals surface area (Å²) in [6.45, 7) is 16.4. The number of para-hydroxylation sites is 3. The minimum absolute atomic E-state index is 0.000671. The van der Waals surface area contributed by atoms with Crippen LogP contribution in [0.25, 0.3) is 38.8 Å². The van der Waals surface area contributed by atoms with E-state index in [0.717, 1.165) is 34.0 Å². The van der Waals surface area contributed by atoms with Gasteiger partial charge in [0.15, 0.2) is 0 Å². The van der Waals surface area contributed by atoms with Crippen LogP contribution in [-0.4, -0.2) is 16.2 Å². The SMILES string of the molecule is Cc1cc(N2CN(c3cc(Oc4ccc5c6ccccc6n(-c6cc(C(C)(C)C)ccn6)c5c4)cc(C(C)(C)C)c3)c3ccccc32)ccc1-c1ccccc1. The third-order valence-corrected chi connectivity index (χ3v) is 11.1. The van der Waals surface area contributed by atoms with Crippen molar-refractivity contribution in [2.75, 3.05) is 16.5 Å². The van der Waals surface area contributed by atoms with Gasteiger partial charge in [-0.25, -0.2) is 4.98 Å². The van der Waals surface area contributed by atoms with E-state index in [1.807, 2.05) is 6.20 Å². The molecule has 2 aromatic heterocycles. The lowest BCUT2D eigenvalue weighted by Crippen LogP contribution is -2.24. The Morgan fingerprint density at radius 1 is 0.536 bits per heavy atom. The Morgan fingerprint density at radius 2 is 1.21 bits per heavy atom. The Hall–Kier alpha value is -6.33. The lowest BCUT2D eigenvalue weighted by atomic mass is 9.86. The molecule has 0 unspecified atom stereocenters. The Kier molecular flexibility index (Phi) is 8.50. The van der Waals surface area contributed by atoms with Crippen molar-refractivity contribution >= 4 is 44.6 Å². The van der Waals surface area contributed by atoms with E-state index in [-0.39, 0.29) is 10.8 Å². The summed E-state index contributed by atoms with van der Waals surface area (Å²) in [5.74, 6) is 2.49. The average Bonchev–Trinajstić information content (AvgIpc) is 3.74. The van der Waals surface area contributed by atoms with E-state index in [9.17, 15) is 0 Å². The topological polar surface area (TPSA) is 33.5 Å². The van der Waals surface area contributed by atoms with E-state index < -0.39 is 0 Å². The number of aryl methyl sites for hydroxylation is 1. The van der Waals surface area contributed by atoms with Crippen LogP contribution in [0, 0.1) is 6.92 Å². The second-order valence-corrected chi connectivity index (χ2v) is 17.1. The predicted molar refractivity (Wildman–Crippen MR) is 235 cm³/mol. The van der Waals surface area contributed by atoms with Gasteiger partial charge in [-0.3, -0.25) is 4.57 Å². The van der Waals surface area contributed by atoms with Gasteiger partial charge in [0, 0.05) is 40.5 Å². The summed E-state index contributed by atoms with van der Waals surface area (Å²) in [6, 6.07) is 52.2. The van der Waals surface area contributed by atoms with Gasteiger partial charge in [0.1, 0.15) is 24.0 Å². The Balaban J connectivity index is 1.11. The largest absolute Gasteiger partial charge is 0.457 e. The molecule has 1 aliphatic rings. The quantitative estimate of drug-likeness (QED) is 0.170. The summed E-state index contributed by atoms with van der Waals surface area (Å²) in [5, 5.41) is 2.36. The van der Waals surface area contributed by atoms with Crippen LogP contribution in [0.3, 0.4) is 0 Å². The highest BCUT2D eigenvalue weighted by Gasteiger charge is 2.30. The monoisotopic (exact) mass is 732 g/mol. The Bertz CT molecular complexity index is 2750. The summed E-state index contributed by atoms with van der Waals surface area (Å²) in [6.07, 6.45) is 1.93. The number of benzene rings is 6. The molecule has 56 heavy (non-hydrogen) atoms. The van der Waals surface area contributed by atoms with Gasteiger partial charge in [0.05, 0.1) is 22.4 Å². The Labute approximate surface area is 330 Å². The normalized spacial score (nSPS) is 13.1. The molecule has 3 heterocycles. The molecule has 5 nitrogen and oxygen atoms in total. The molecule has 5 heteroatoms. The smallest absolute Gasteiger partial charge is 0.137 e. The summed E-state index contributed by atoms with van der Waals surface area (Å²) in [4.78, 5) is 9.71. The number of aromatic nitrogens is 2. The first-order valence-electron chi connectivity index (χ1n) is 19.6. The predicted octanol–water partition coefficient (Wildman–Crippen LogP) is 13.8. The minimum Gasteiger partial charge on any atom is -0.457 e. The zero-order valence-corrected chi connectivity index (χ0v) is 33.3. The van der Waals surface area contributed by atoms with Crippen LogP contribution in [0.2, 0.25) is 0 Å². The maximum absolute atomic E-state index is 6.88. The van der Waals surface area contributed by atoms with Crippen LogP contribution in [0.4, 0.5) is 22.7 Å². The number of hydrogen-bond donors (Lipinski definition) is 0. The van der Waals surface area contributed by atoms with E-state index in [2.05, 4.69) is 208 Å². The first-order chi connectivity index (χ1) is 26.9. The summed E-state index contributed by atoms with van der Waals surface area (Å²) >= 11 is 0. The van der Waals surface area contributed by atoms with Crippen LogP contribution in [0.5, 0.6) is 11.5 Å². The molecule has 278 valence electrons. The van der Waals surface area contributed by atoms with Crippen molar-refractivity contribution in [1.29, 1.82) is 0 Å². The number of nitrogens with zero attached hydrogens (tertiary/aromatic N) is 4. The van der Waals surface area contributed by atoms with Crippen LogP contribution >= 0.6 is 0 Å². The van der Waals surface area contributed by atoms with Crippen molar-refractivity contribution in [3.8, 4) is 28.4 Å². The van der Waals surface area contributed by atoms with Crippen molar-refractivity contribution < 1.29 is 4.74 Å². The van der Waals surface area contributed by atoms with Gasteiger partial charge in [-0.15, -0.1) is 0 Å². The van der Waals surface area contributed by atoms with E-state index in [1.165, 1.54) is 55.7 Å². The molecule has 0 spiro atoms. The lowest BCUT2D eigenvalue weighted by molar-refractivity contribution is 0.479. The van der Waals surface area contributed by atoms with Gasteiger partial charge < -0.3 is 14.5 Å². The molecular weight excluding hydrogens is 685 g/mol. The molecule has 0 N–H and O–H groups in total. The molecule has 0 fully saturated rings. The van der Waals surface area contributed by atoms with Crippen molar-refractivity contribution in [2.24, 2.45) is 0 Å². The zero-order valence-electron chi connectivity index (χ0n) is 33.3. The number of fused-ring (bicyclic) bond motifs is 4. The maximum Gasteiger partial charge on any atom is 0.137 e. The standard InChI is InChI=1S/C51H48N4O/c1-34-27-38(21-23-42(34)35-15-9-8-10-16-35)53-33-54(47-20-14-13-19-46(47)53)39-28-37(51(5,6)7)29-41(31-39)56-40-22-24-44-43-17-11-12-18-45(43)55(48(44)32-40)49-30-36(25-26-52-49)50(2,3)4/h8-32H,33H2,1-7H3. The van der Waals surface area contributed by atoms with E-state index in [0.29, 0.717) is 6.67 Å². The Morgan fingerprint density at radius 3 is 1.95 bits per heavy atom. The number of hydrogen-bond acceptors (Lipinski definition) is 4. The zero-order chi connectivity index (χ0) is 38.8. The van der Waals surface area contributed by atoms with E-state index in [1.54, 1.807) is 0 Å². The molecule has 0 saturated carbocycles. The molecule has 0 atom stereocenters.